The number of rotatable bonds is 3. The fourth-order valence-corrected chi connectivity index (χ4v) is 1.48. The van der Waals surface area contributed by atoms with E-state index in [9.17, 15) is 0 Å². The molecule has 0 aliphatic heterocycles. The Hall–Kier alpha value is -0.790. The molecular formula is C11H14ClN. The molecule has 0 atom stereocenters. The van der Waals surface area contributed by atoms with Crippen molar-refractivity contribution in [2.45, 2.75) is 13.3 Å². The number of benzene rings is 1. The molecule has 0 saturated carbocycles. The SMILES string of the molecule is C/C(=C\CCN)c1ccccc1Cl. The highest BCUT2D eigenvalue weighted by atomic mass is 35.5. The van der Waals surface area contributed by atoms with E-state index in [-0.39, 0.29) is 0 Å². The maximum Gasteiger partial charge on any atom is 0.0480 e. The van der Waals surface area contributed by atoms with Crippen LogP contribution in [0.5, 0.6) is 0 Å². The summed E-state index contributed by atoms with van der Waals surface area (Å²) in [4.78, 5) is 0. The van der Waals surface area contributed by atoms with Crippen LogP contribution in [0, 0.1) is 0 Å². The lowest BCUT2D eigenvalue weighted by molar-refractivity contribution is 1.01. The molecule has 0 fully saturated rings. The van der Waals surface area contributed by atoms with Gasteiger partial charge in [0.15, 0.2) is 0 Å². The summed E-state index contributed by atoms with van der Waals surface area (Å²) in [6.07, 6.45) is 3.01. The van der Waals surface area contributed by atoms with Crippen molar-refractivity contribution in [2.24, 2.45) is 5.73 Å². The summed E-state index contributed by atoms with van der Waals surface area (Å²) >= 11 is 6.03. The van der Waals surface area contributed by atoms with Gasteiger partial charge >= 0.3 is 0 Å². The molecule has 13 heavy (non-hydrogen) atoms. The highest BCUT2D eigenvalue weighted by Gasteiger charge is 1.99. The van der Waals surface area contributed by atoms with Gasteiger partial charge in [0, 0.05) is 5.02 Å². The first-order valence-corrected chi connectivity index (χ1v) is 4.75. The molecule has 0 aliphatic rings. The zero-order chi connectivity index (χ0) is 9.68. The minimum absolute atomic E-state index is 0.682. The topological polar surface area (TPSA) is 26.0 Å². The number of nitrogens with two attached hydrogens (primary N) is 1. The van der Waals surface area contributed by atoms with Crippen LogP contribution in [0.2, 0.25) is 5.02 Å². The predicted octanol–water partition coefficient (Wildman–Crippen LogP) is 3.09. The van der Waals surface area contributed by atoms with Gasteiger partial charge < -0.3 is 5.73 Å². The van der Waals surface area contributed by atoms with Crippen LogP contribution < -0.4 is 5.73 Å². The number of allylic oxidation sites excluding steroid dienone is 1. The quantitative estimate of drug-likeness (QED) is 0.788. The zero-order valence-electron chi connectivity index (χ0n) is 7.76. The van der Waals surface area contributed by atoms with Gasteiger partial charge in [-0.15, -0.1) is 0 Å². The van der Waals surface area contributed by atoms with Crippen molar-refractivity contribution in [3.63, 3.8) is 0 Å². The van der Waals surface area contributed by atoms with E-state index in [1.165, 1.54) is 5.57 Å². The first kappa shape index (κ1) is 10.3. The van der Waals surface area contributed by atoms with E-state index in [1.54, 1.807) is 0 Å². The summed E-state index contributed by atoms with van der Waals surface area (Å²) in [6, 6.07) is 7.84. The fraction of sp³-hybridized carbons (Fsp3) is 0.273. The van der Waals surface area contributed by atoms with E-state index in [2.05, 4.69) is 13.0 Å². The Morgan fingerprint density at radius 3 is 2.77 bits per heavy atom. The molecule has 0 heterocycles. The fourth-order valence-electron chi connectivity index (χ4n) is 1.19. The van der Waals surface area contributed by atoms with Gasteiger partial charge in [-0.25, -0.2) is 0 Å². The van der Waals surface area contributed by atoms with Gasteiger partial charge in [0.1, 0.15) is 0 Å². The highest BCUT2D eigenvalue weighted by molar-refractivity contribution is 6.32. The Bertz CT molecular complexity index is 305. The smallest absolute Gasteiger partial charge is 0.0480 e. The van der Waals surface area contributed by atoms with Crippen LogP contribution in [0.3, 0.4) is 0 Å². The van der Waals surface area contributed by atoms with Crippen LogP contribution in [0.15, 0.2) is 30.3 Å². The third-order valence-corrected chi connectivity index (χ3v) is 2.25. The van der Waals surface area contributed by atoms with E-state index in [4.69, 9.17) is 17.3 Å². The molecule has 0 radical (unpaired) electrons. The molecule has 1 aromatic rings. The molecule has 0 aromatic heterocycles. The second-order valence-electron chi connectivity index (χ2n) is 2.94. The maximum absolute atomic E-state index is 6.03. The lowest BCUT2D eigenvalue weighted by atomic mass is 10.1. The van der Waals surface area contributed by atoms with Crippen molar-refractivity contribution in [3.05, 3.63) is 40.9 Å². The third kappa shape index (κ3) is 2.87. The standard InChI is InChI=1S/C11H14ClN/c1-9(5-4-8-13)10-6-2-3-7-11(10)12/h2-3,5-7H,4,8,13H2,1H3/b9-5+. The lowest BCUT2D eigenvalue weighted by Crippen LogP contribution is -1.96. The summed E-state index contributed by atoms with van der Waals surface area (Å²) in [5, 5.41) is 0.799. The largest absolute Gasteiger partial charge is 0.330 e. The van der Waals surface area contributed by atoms with Crippen LogP contribution in [0.4, 0.5) is 0 Å². The zero-order valence-corrected chi connectivity index (χ0v) is 8.51. The van der Waals surface area contributed by atoms with Crippen LogP contribution in [0.1, 0.15) is 18.9 Å². The Morgan fingerprint density at radius 1 is 1.46 bits per heavy atom. The average molecular weight is 196 g/mol. The summed E-state index contributed by atoms with van der Waals surface area (Å²) in [5.41, 5.74) is 7.70. The molecule has 2 N–H and O–H groups in total. The molecule has 0 amide bonds. The Balaban J connectivity index is 2.88. The van der Waals surface area contributed by atoms with Gasteiger partial charge in [-0.2, -0.15) is 0 Å². The molecule has 70 valence electrons. The van der Waals surface area contributed by atoms with Crippen molar-refractivity contribution in [2.75, 3.05) is 6.54 Å². The van der Waals surface area contributed by atoms with Gasteiger partial charge in [0.25, 0.3) is 0 Å². The minimum Gasteiger partial charge on any atom is -0.330 e. The molecule has 0 saturated heterocycles. The summed E-state index contributed by atoms with van der Waals surface area (Å²) < 4.78 is 0. The van der Waals surface area contributed by atoms with Crippen molar-refractivity contribution < 1.29 is 0 Å². The molecule has 0 aliphatic carbocycles. The van der Waals surface area contributed by atoms with E-state index in [0.29, 0.717) is 6.54 Å². The van der Waals surface area contributed by atoms with Crippen molar-refractivity contribution in [3.8, 4) is 0 Å². The number of halogens is 1. The van der Waals surface area contributed by atoms with Crippen LogP contribution >= 0.6 is 11.6 Å². The van der Waals surface area contributed by atoms with Gasteiger partial charge in [-0.3, -0.25) is 0 Å². The van der Waals surface area contributed by atoms with Gasteiger partial charge in [0.05, 0.1) is 0 Å². The van der Waals surface area contributed by atoms with Crippen molar-refractivity contribution in [1.29, 1.82) is 0 Å². The van der Waals surface area contributed by atoms with Gasteiger partial charge in [0.2, 0.25) is 0 Å². The van der Waals surface area contributed by atoms with Crippen LogP contribution in [0.25, 0.3) is 5.57 Å². The normalized spacial score (nSPS) is 11.8. The summed E-state index contributed by atoms with van der Waals surface area (Å²) in [5.74, 6) is 0. The third-order valence-electron chi connectivity index (χ3n) is 1.92. The first-order valence-electron chi connectivity index (χ1n) is 4.37. The maximum atomic E-state index is 6.03. The molecular weight excluding hydrogens is 182 g/mol. The van der Waals surface area contributed by atoms with E-state index in [1.807, 2.05) is 24.3 Å². The van der Waals surface area contributed by atoms with Crippen molar-refractivity contribution in [1.82, 2.24) is 0 Å². The van der Waals surface area contributed by atoms with E-state index >= 15 is 0 Å². The van der Waals surface area contributed by atoms with Crippen LogP contribution in [-0.2, 0) is 0 Å². The minimum atomic E-state index is 0.682. The second-order valence-corrected chi connectivity index (χ2v) is 3.35. The van der Waals surface area contributed by atoms with E-state index in [0.717, 1.165) is 17.0 Å². The highest BCUT2D eigenvalue weighted by Crippen LogP contribution is 2.22. The second kappa shape index (κ2) is 5.05. The summed E-state index contributed by atoms with van der Waals surface area (Å²) in [7, 11) is 0. The van der Waals surface area contributed by atoms with Gasteiger partial charge in [-0.05, 0) is 37.1 Å². The molecule has 0 bridgehead atoms. The Morgan fingerprint density at radius 2 is 2.15 bits per heavy atom. The molecule has 1 nitrogen and oxygen atoms in total. The molecule has 1 rings (SSSR count). The lowest BCUT2D eigenvalue weighted by Gasteiger charge is -2.03. The first-order chi connectivity index (χ1) is 6.25. The average Bonchev–Trinajstić information content (AvgIpc) is 2.15. The van der Waals surface area contributed by atoms with Crippen molar-refractivity contribution >= 4 is 17.2 Å². The molecule has 0 spiro atoms. The number of hydrogen-bond donors (Lipinski definition) is 1. The van der Waals surface area contributed by atoms with E-state index < -0.39 is 0 Å². The Kier molecular flexibility index (Phi) is 4.00. The van der Waals surface area contributed by atoms with Gasteiger partial charge in [-0.1, -0.05) is 35.9 Å². The summed E-state index contributed by atoms with van der Waals surface area (Å²) in [6.45, 7) is 2.73. The monoisotopic (exact) mass is 195 g/mol. The number of hydrogen-bond acceptors (Lipinski definition) is 1. The molecule has 2 heteroatoms. The molecule has 1 aromatic carbocycles. The molecule has 0 unspecified atom stereocenters. The predicted molar refractivity (Wildman–Crippen MR) is 58.8 cm³/mol. The van der Waals surface area contributed by atoms with Crippen LogP contribution in [-0.4, -0.2) is 6.54 Å². The Labute approximate surface area is 84.2 Å².